The van der Waals surface area contributed by atoms with Crippen LogP contribution in [0.15, 0.2) is 29.4 Å². The Morgan fingerprint density at radius 2 is 2.00 bits per heavy atom. The van der Waals surface area contributed by atoms with E-state index in [-0.39, 0.29) is 11.7 Å². The molecule has 1 heterocycles. The lowest BCUT2D eigenvalue weighted by Gasteiger charge is -2.14. The molecule has 1 unspecified atom stereocenters. The molecule has 10 heteroatoms. The van der Waals surface area contributed by atoms with Crippen molar-refractivity contribution < 1.29 is 18.0 Å². The fraction of sp³-hybridized carbons (Fsp3) is 0.429. The minimum Gasteiger partial charge on any atom is -0.325 e. The number of carbonyl (C=O) groups excluding carboxylic acids is 1. The van der Waals surface area contributed by atoms with Crippen molar-refractivity contribution in [1.82, 2.24) is 20.2 Å². The summed E-state index contributed by atoms with van der Waals surface area (Å²) in [6.07, 6.45) is -4.46. The Morgan fingerprint density at radius 3 is 2.62 bits per heavy atom. The maximum Gasteiger partial charge on any atom is 0.416 e. The quantitative estimate of drug-likeness (QED) is 0.829. The first kappa shape index (κ1) is 18.2. The van der Waals surface area contributed by atoms with Crippen LogP contribution in [0.2, 0.25) is 0 Å². The van der Waals surface area contributed by atoms with E-state index in [0.717, 1.165) is 23.9 Å². The van der Waals surface area contributed by atoms with Crippen molar-refractivity contribution in [2.75, 3.05) is 5.32 Å². The third-order valence-electron chi connectivity index (χ3n) is 3.06. The third-order valence-corrected chi connectivity index (χ3v) is 4.11. The summed E-state index contributed by atoms with van der Waals surface area (Å²) in [6, 6.07) is 4.53. The molecule has 0 aliphatic carbocycles. The number of tetrazole rings is 1. The van der Waals surface area contributed by atoms with E-state index in [1.807, 2.05) is 13.8 Å². The van der Waals surface area contributed by atoms with Gasteiger partial charge in [0.2, 0.25) is 11.1 Å². The zero-order valence-corrected chi connectivity index (χ0v) is 14.0. The molecule has 0 aliphatic rings. The minimum atomic E-state index is -4.46. The maximum atomic E-state index is 12.7. The fourth-order valence-corrected chi connectivity index (χ4v) is 2.74. The normalized spacial score (nSPS) is 13.1. The molecule has 0 saturated heterocycles. The average Bonchev–Trinajstić information content (AvgIpc) is 2.95. The summed E-state index contributed by atoms with van der Waals surface area (Å²) in [5.41, 5.74) is -0.727. The summed E-state index contributed by atoms with van der Waals surface area (Å²) in [7, 11) is 0. The van der Waals surface area contributed by atoms with Crippen molar-refractivity contribution in [2.45, 2.75) is 43.4 Å². The molecule has 0 saturated carbocycles. The van der Waals surface area contributed by atoms with Crippen molar-refractivity contribution in [3.8, 4) is 0 Å². The van der Waals surface area contributed by atoms with Gasteiger partial charge in [-0.05, 0) is 49.4 Å². The highest BCUT2D eigenvalue weighted by atomic mass is 32.2. The Bertz CT molecular complexity index is 716. The van der Waals surface area contributed by atoms with E-state index in [1.165, 1.54) is 12.1 Å². The number of carbonyl (C=O) groups is 1. The molecule has 1 N–H and O–H groups in total. The van der Waals surface area contributed by atoms with E-state index in [2.05, 4.69) is 20.8 Å². The van der Waals surface area contributed by atoms with E-state index in [0.29, 0.717) is 5.16 Å². The highest BCUT2D eigenvalue weighted by Gasteiger charge is 2.30. The van der Waals surface area contributed by atoms with Crippen LogP contribution in [-0.2, 0) is 11.0 Å². The number of amides is 1. The van der Waals surface area contributed by atoms with Crippen LogP contribution in [0.3, 0.4) is 0 Å². The molecule has 24 heavy (non-hydrogen) atoms. The number of benzene rings is 1. The second-order valence-corrected chi connectivity index (χ2v) is 6.64. The Labute approximate surface area is 140 Å². The van der Waals surface area contributed by atoms with Gasteiger partial charge >= 0.3 is 6.18 Å². The number of hydrogen-bond acceptors (Lipinski definition) is 5. The average molecular weight is 359 g/mol. The zero-order chi connectivity index (χ0) is 17.9. The minimum absolute atomic E-state index is 0.0289. The van der Waals surface area contributed by atoms with Crippen LogP contribution in [0.25, 0.3) is 0 Å². The molecule has 1 atom stereocenters. The standard InChI is InChI=1S/C14H16F3N5OS/c1-8(2)22-13(19-20-21-22)24-9(3)12(23)18-11-6-4-5-10(7-11)14(15,16)17/h4-9H,1-3H3,(H,18,23). The fourth-order valence-electron chi connectivity index (χ4n) is 1.82. The number of nitrogens with one attached hydrogen (secondary N) is 1. The Kier molecular flexibility index (Phi) is 5.47. The lowest BCUT2D eigenvalue weighted by atomic mass is 10.2. The number of thioether (sulfide) groups is 1. The molecule has 1 aromatic carbocycles. The molecular formula is C14H16F3N5OS. The van der Waals surface area contributed by atoms with Crippen molar-refractivity contribution >= 4 is 23.4 Å². The number of anilines is 1. The summed E-state index contributed by atoms with van der Waals surface area (Å²) in [6.45, 7) is 5.43. The molecule has 2 aromatic rings. The van der Waals surface area contributed by atoms with Crippen LogP contribution in [-0.4, -0.2) is 31.4 Å². The van der Waals surface area contributed by atoms with Crippen LogP contribution in [0, 0.1) is 0 Å². The first-order valence-corrected chi connectivity index (χ1v) is 7.99. The van der Waals surface area contributed by atoms with Gasteiger partial charge in [-0.1, -0.05) is 17.8 Å². The van der Waals surface area contributed by atoms with Crippen LogP contribution >= 0.6 is 11.8 Å². The molecule has 0 bridgehead atoms. The molecule has 0 aliphatic heterocycles. The van der Waals surface area contributed by atoms with Crippen molar-refractivity contribution in [3.63, 3.8) is 0 Å². The first-order chi connectivity index (χ1) is 11.2. The lowest BCUT2D eigenvalue weighted by molar-refractivity contribution is -0.137. The van der Waals surface area contributed by atoms with E-state index >= 15 is 0 Å². The van der Waals surface area contributed by atoms with Gasteiger partial charge in [-0.15, -0.1) is 5.10 Å². The Morgan fingerprint density at radius 1 is 1.29 bits per heavy atom. The number of aromatic nitrogens is 4. The number of rotatable bonds is 5. The van der Waals surface area contributed by atoms with Gasteiger partial charge in [0.05, 0.1) is 16.9 Å². The Hall–Kier alpha value is -2.10. The summed E-state index contributed by atoms with van der Waals surface area (Å²) < 4.78 is 39.7. The molecule has 6 nitrogen and oxygen atoms in total. The smallest absolute Gasteiger partial charge is 0.325 e. The highest BCUT2D eigenvalue weighted by Crippen LogP contribution is 2.31. The third kappa shape index (κ3) is 4.47. The predicted octanol–water partition coefficient (Wildman–Crippen LogP) is 3.39. The van der Waals surface area contributed by atoms with E-state index in [9.17, 15) is 18.0 Å². The zero-order valence-electron chi connectivity index (χ0n) is 13.2. The number of halogens is 3. The summed E-state index contributed by atoms with van der Waals surface area (Å²) in [5.74, 6) is -0.433. The lowest BCUT2D eigenvalue weighted by Crippen LogP contribution is -2.23. The SMILES string of the molecule is CC(Sc1nnnn1C(C)C)C(=O)Nc1cccc(C(F)(F)F)c1. The molecule has 2 rings (SSSR count). The van der Waals surface area contributed by atoms with Gasteiger partial charge < -0.3 is 5.32 Å². The van der Waals surface area contributed by atoms with Gasteiger partial charge in [-0.25, -0.2) is 4.68 Å². The monoisotopic (exact) mass is 359 g/mol. The molecule has 0 radical (unpaired) electrons. The van der Waals surface area contributed by atoms with E-state index in [1.54, 1.807) is 11.6 Å². The first-order valence-electron chi connectivity index (χ1n) is 7.11. The van der Waals surface area contributed by atoms with Gasteiger partial charge in [0.1, 0.15) is 0 Å². The molecule has 0 spiro atoms. The second-order valence-electron chi connectivity index (χ2n) is 5.33. The van der Waals surface area contributed by atoms with Gasteiger partial charge in [0, 0.05) is 5.69 Å². The van der Waals surface area contributed by atoms with Crippen LogP contribution in [0.4, 0.5) is 18.9 Å². The van der Waals surface area contributed by atoms with Crippen molar-refractivity contribution in [3.05, 3.63) is 29.8 Å². The topological polar surface area (TPSA) is 72.7 Å². The predicted molar refractivity (Wildman–Crippen MR) is 83.6 cm³/mol. The molecule has 130 valence electrons. The van der Waals surface area contributed by atoms with Crippen molar-refractivity contribution in [2.24, 2.45) is 0 Å². The van der Waals surface area contributed by atoms with Gasteiger partial charge in [0.25, 0.3) is 0 Å². The number of nitrogens with zero attached hydrogens (tertiary/aromatic N) is 4. The highest BCUT2D eigenvalue weighted by molar-refractivity contribution is 8.00. The summed E-state index contributed by atoms with van der Waals surface area (Å²) in [4.78, 5) is 12.2. The summed E-state index contributed by atoms with van der Waals surface area (Å²) >= 11 is 1.13. The van der Waals surface area contributed by atoms with E-state index < -0.39 is 22.9 Å². The Balaban J connectivity index is 2.05. The largest absolute Gasteiger partial charge is 0.416 e. The summed E-state index contributed by atoms with van der Waals surface area (Å²) in [5, 5.41) is 13.6. The van der Waals surface area contributed by atoms with Crippen LogP contribution < -0.4 is 5.32 Å². The van der Waals surface area contributed by atoms with Gasteiger partial charge in [-0.3, -0.25) is 4.79 Å². The number of hydrogen-bond donors (Lipinski definition) is 1. The number of alkyl halides is 3. The van der Waals surface area contributed by atoms with E-state index in [4.69, 9.17) is 0 Å². The maximum absolute atomic E-state index is 12.7. The van der Waals surface area contributed by atoms with Crippen LogP contribution in [0.1, 0.15) is 32.4 Å². The molecule has 0 fully saturated rings. The van der Waals surface area contributed by atoms with Crippen molar-refractivity contribution in [1.29, 1.82) is 0 Å². The molecule has 1 amide bonds. The molecular weight excluding hydrogens is 343 g/mol. The van der Waals surface area contributed by atoms with Gasteiger partial charge in [-0.2, -0.15) is 13.2 Å². The van der Waals surface area contributed by atoms with Crippen LogP contribution in [0.5, 0.6) is 0 Å². The molecule has 1 aromatic heterocycles. The second kappa shape index (κ2) is 7.20. The van der Waals surface area contributed by atoms with Gasteiger partial charge in [0.15, 0.2) is 0 Å².